The zero-order valence-electron chi connectivity index (χ0n) is 16.3. The van der Waals surface area contributed by atoms with Gasteiger partial charge in [-0.15, -0.1) is 0 Å². The Morgan fingerprint density at radius 3 is 2.47 bits per heavy atom. The number of ketones is 1. The molecule has 2 aromatic carbocycles. The van der Waals surface area contributed by atoms with E-state index in [2.05, 4.69) is 15.3 Å². The molecule has 2 heterocycles. The molecule has 8 heteroatoms. The molecule has 2 aliphatic rings. The summed E-state index contributed by atoms with van der Waals surface area (Å²) in [5.74, 6) is 0.607. The number of rotatable bonds is 3. The van der Waals surface area contributed by atoms with Crippen LogP contribution in [-0.2, 0) is 0 Å². The number of carbonyl (C=O) groups is 1. The van der Waals surface area contributed by atoms with Gasteiger partial charge in [0.05, 0.1) is 25.5 Å². The van der Waals surface area contributed by atoms with Crippen LogP contribution >= 0.6 is 0 Å². The number of anilines is 2. The number of nitrogens with one attached hydrogen (secondary N) is 2. The first-order chi connectivity index (χ1) is 14.5. The van der Waals surface area contributed by atoms with E-state index in [4.69, 9.17) is 15.2 Å². The number of benzene rings is 2. The predicted octanol–water partition coefficient (Wildman–Crippen LogP) is 2.53. The van der Waals surface area contributed by atoms with Crippen LogP contribution in [0.2, 0.25) is 0 Å². The van der Waals surface area contributed by atoms with Crippen molar-refractivity contribution >= 4 is 23.2 Å². The van der Waals surface area contributed by atoms with E-state index in [0.29, 0.717) is 45.3 Å². The molecule has 0 fully saturated rings. The number of carbonyl (C=O) groups excluding carboxylic acids is 1. The molecule has 150 valence electrons. The molecule has 0 amide bonds. The molecule has 0 bridgehead atoms. The second-order valence-electron chi connectivity index (χ2n) is 7.05. The second-order valence-corrected chi connectivity index (χ2v) is 7.05. The molecule has 8 nitrogen and oxygen atoms in total. The quantitative estimate of drug-likeness (QED) is 0.616. The molecule has 0 radical (unpaired) electrons. The van der Waals surface area contributed by atoms with Crippen LogP contribution in [0.25, 0.3) is 5.70 Å². The summed E-state index contributed by atoms with van der Waals surface area (Å²) in [6, 6.07) is 12.7. The van der Waals surface area contributed by atoms with E-state index >= 15 is 0 Å². The van der Waals surface area contributed by atoms with Crippen molar-refractivity contribution in [1.29, 1.82) is 0 Å². The van der Waals surface area contributed by atoms with E-state index in [1.165, 1.54) is 7.11 Å². The number of H-pyrrole nitrogens is 1. The van der Waals surface area contributed by atoms with Crippen molar-refractivity contribution in [2.24, 2.45) is 0 Å². The maximum atomic E-state index is 13.4. The largest absolute Gasteiger partial charge is 0.493 e. The lowest BCUT2D eigenvalue weighted by Crippen LogP contribution is -2.28. The maximum Gasteiger partial charge on any atom is 0.258 e. The summed E-state index contributed by atoms with van der Waals surface area (Å²) in [4.78, 5) is 33.1. The van der Waals surface area contributed by atoms with Crippen LogP contribution in [0.5, 0.6) is 11.5 Å². The average molecular weight is 402 g/mol. The van der Waals surface area contributed by atoms with E-state index in [1.807, 2.05) is 24.3 Å². The molecule has 1 aromatic heterocycles. The molecule has 1 aliphatic heterocycles. The Labute approximate surface area is 171 Å². The molecule has 0 spiro atoms. The zero-order chi connectivity index (χ0) is 21.0. The van der Waals surface area contributed by atoms with Crippen LogP contribution in [0, 0.1) is 0 Å². The third kappa shape index (κ3) is 2.43. The molecule has 0 saturated heterocycles. The average Bonchev–Trinajstić information content (AvgIpc) is 3.03. The van der Waals surface area contributed by atoms with Gasteiger partial charge in [0.2, 0.25) is 5.95 Å². The molecule has 3 aromatic rings. The minimum atomic E-state index is -0.646. The van der Waals surface area contributed by atoms with Crippen LogP contribution in [0.4, 0.5) is 11.8 Å². The predicted molar refractivity (Wildman–Crippen MR) is 112 cm³/mol. The van der Waals surface area contributed by atoms with Gasteiger partial charge in [-0.3, -0.25) is 14.6 Å². The van der Waals surface area contributed by atoms with E-state index in [9.17, 15) is 9.59 Å². The third-order valence-corrected chi connectivity index (χ3v) is 5.49. The number of allylic oxidation sites excluding steroid dienone is 1. The van der Waals surface area contributed by atoms with Gasteiger partial charge in [-0.25, -0.2) is 0 Å². The normalized spacial score (nSPS) is 16.5. The van der Waals surface area contributed by atoms with Crippen molar-refractivity contribution in [2.45, 2.75) is 5.92 Å². The van der Waals surface area contributed by atoms with Gasteiger partial charge in [0.15, 0.2) is 17.3 Å². The SMILES string of the molecule is COc1ccc([C@H]2C3=C(Nc4nc(N)[nH]c(=O)c42)c2ccccc2C3=O)cc1OC. The van der Waals surface area contributed by atoms with Crippen molar-refractivity contribution in [3.63, 3.8) is 0 Å². The van der Waals surface area contributed by atoms with Crippen LogP contribution in [0.1, 0.15) is 33.0 Å². The molecule has 0 saturated carbocycles. The van der Waals surface area contributed by atoms with Gasteiger partial charge >= 0.3 is 0 Å². The molecule has 5 rings (SSSR count). The van der Waals surface area contributed by atoms with Gasteiger partial charge in [-0.2, -0.15) is 4.98 Å². The number of aromatic nitrogens is 2. The minimum Gasteiger partial charge on any atom is -0.493 e. The monoisotopic (exact) mass is 402 g/mol. The highest BCUT2D eigenvalue weighted by molar-refractivity contribution is 6.23. The molecular formula is C22H18N4O4. The minimum absolute atomic E-state index is 0.000954. The third-order valence-electron chi connectivity index (χ3n) is 5.49. The van der Waals surface area contributed by atoms with Gasteiger partial charge in [0.1, 0.15) is 5.82 Å². The van der Waals surface area contributed by atoms with E-state index in [-0.39, 0.29) is 11.7 Å². The van der Waals surface area contributed by atoms with Crippen LogP contribution in [0.3, 0.4) is 0 Å². The Morgan fingerprint density at radius 2 is 1.73 bits per heavy atom. The summed E-state index contributed by atoms with van der Waals surface area (Å²) in [6.45, 7) is 0. The maximum absolute atomic E-state index is 13.4. The number of nitrogens with zero attached hydrogens (tertiary/aromatic N) is 1. The van der Waals surface area contributed by atoms with Gasteiger partial charge in [0.25, 0.3) is 5.56 Å². The fourth-order valence-electron chi connectivity index (χ4n) is 4.20. The Hall–Kier alpha value is -4.07. The number of nitrogens with two attached hydrogens (primary N) is 1. The molecule has 1 aliphatic carbocycles. The lowest BCUT2D eigenvalue weighted by molar-refractivity contribution is 0.103. The Balaban J connectivity index is 1.80. The van der Waals surface area contributed by atoms with Crippen LogP contribution in [0.15, 0.2) is 52.8 Å². The van der Waals surface area contributed by atoms with E-state index < -0.39 is 11.5 Å². The lowest BCUT2D eigenvalue weighted by Gasteiger charge is -2.27. The van der Waals surface area contributed by atoms with E-state index in [0.717, 1.165) is 5.56 Å². The van der Waals surface area contributed by atoms with E-state index in [1.54, 1.807) is 25.3 Å². The molecular weight excluding hydrogens is 384 g/mol. The Bertz CT molecular complexity index is 1310. The zero-order valence-corrected chi connectivity index (χ0v) is 16.3. The number of fused-ring (bicyclic) bond motifs is 3. The highest BCUT2D eigenvalue weighted by Crippen LogP contribution is 2.48. The molecule has 4 N–H and O–H groups in total. The van der Waals surface area contributed by atoms with Crippen molar-refractivity contribution in [3.8, 4) is 11.5 Å². The first kappa shape index (κ1) is 18.0. The first-order valence-corrected chi connectivity index (χ1v) is 9.30. The smallest absolute Gasteiger partial charge is 0.258 e. The lowest BCUT2D eigenvalue weighted by atomic mass is 9.81. The first-order valence-electron chi connectivity index (χ1n) is 9.30. The number of methoxy groups -OCH3 is 2. The summed E-state index contributed by atoms with van der Waals surface area (Å²) in [6.07, 6.45) is 0. The van der Waals surface area contributed by atoms with Crippen LogP contribution < -0.4 is 26.1 Å². The van der Waals surface area contributed by atoms with Crippen molar-refractivity contribution in [3.05, 3.63) is 80.6 Å². The summed E-state index contributed by atoms with van der Waals surface area (Å²) in [5.41, 5.74) is 8.91. The Kier molecular flexibility index (Phi) is 3.89. The highest BCUT2D eigenvalue weighted by Gasteiger charge is 2.42. The highest BCUT2D eigenvalue weighted by atomic mass is 16.5. The molecule has 0 unspecified atom stereocenters. The van der Waals surface area contributed by atoms with Crippen molar-refractivity contribution < 1.29 is 14.3 Å². The fourth-order valence-corrected chi connectivity index (χ4v) is 4.20. The summed E-state index contributed by atoms with van der Waals surface area (Å²) in [7, 11) is 3.08. The van der Waals surface area contributed by atoms with Gasteiger partial charge < -0.3 is 20.5 Å². The number of hydrogen-bond acceptors (Lipinski definition) is 7. The fraction of sp³-hybridized carbons (Fsp3) is 0.136. The number of hydrogen-bond donors (Lipinski definition) is 3. The number of Topliss-reactive ketones (excluding diaryl/α,β-unsaturated/α-hetero) is 1. The van der Waals surface area contributed by atoms with Gasteiger partial charge in [0, 0.05) is 22.6 Å². The second kappa shape index (κ2) is 6.48. The number of ether oxygens (including phenoxy) is 2. The number of aromatic amines is 1. The molecule has 30 heavy (non-hydrogen) atoms. The summed E-state index contributed by atoms with van der Waals surface area (Å²) >= 11 is 0. The standard InChI is InChI=1S/C22H18N4O4/c1-29-13-8-7-10(9-14(13)30-2)15-16-18(11-5-3-4-6-12(11)19(16)27)24-20-17(15)21(28)26-22(23)25-20/h3-9,15H,1-2H3,(H4,23,24,25,26,28)/t15-/m0/s1. The topological polar surface area (TPSA) is 119 Å². The van der Waals surface area contributed by atoms with Gasteiger partial charge in [-0.1, -0.05) is 30.3 Å². The van der Waals surface area contributed by atoms with Crippen molar-refractivity contribution in [2.75, 3.05) is 25.3 Å². The molecule has 1 atom stereocenters. The van der Waals surface area contributed by atoms with Crippen LogP contribution in [-0.4, -0.2) is 30.0 Å². The summed E-state index contributed by atoms with van der Waals surface area (Å²) < 4.78 is 10.8. The summed E-state index contributed by atoms with van der Waals surface area (Å²) in [5, 5.41) is 3.17. The number of nitrogen functional groups attached to an aromatic ring is 1. The Morgan fingerprint density at radius 1 is 1.00 bits per heavy atom. The van der Waals surface area contributed by atoms with Crippen molar-refractivity contribution in [1.82, 2.24) is 9.97 Å². The van der Waals surface area contributed by atoms with Gasteiger partial charge in [-0.05, 0) is 17.7 Å².